The van der Waals surface area contributed by atoms with Crippen molar-refractivity contribution in [1.29, 1.82) is 0 Å². The van der Waals surface area contributed by atoms with E-state index in [0.717, 1.165) is 30.0 Å². The molecule has 4 nitrogen and oxygen atoms in total. The number of rotatable bonds is 7. The highest BCUT2D eigenvalue weighted by Crippen LogP contribution is 2.26. The van der Waals surface area contributed by atoms with Crippen molar-refractivity contribution in [3.8, 4) is 0 Å². The summed E-state index contributed by atoms with van der Waals surface area (Å²) in [6, 6.07) is -0.0620. The molecule has 1 amide bonds. The third-order valence-corrected chi connectivity index (χ3v) is 4.90. The van der Waals surface area contributed by atoms with Crippen LogP contribution in [0.2, 0.25) is 0 Å². The Bertz CT molecular complexity index is 404. The number of aromatic nitrogens is 1. The Kier molecular flexibility index (Phi) is 5.94. The minimum Gasteiger partial charge on any atom is -0.347 e. The first-order valence-electron chi connectivity index (χ1n) is 6.98. The first-order chi connectivity index (χ1) is 9.02. The van der Waals surface area contributed by atoms with Gasteiger partial charge in [-0.3, -0.25) is 4.79 Å². The Hall–Kier alpha value is -0.940. The lowest BCUT2D eigenvalue weighted by molar-refractivity contribution is -0.131. The molecule has 1 rings (SSSR count). The van der Waals surface area contributed by atoms with Gasteiger partial charge in [-0.2, -0.15) is 0 Å². The number of hydrogen-bond donors (Lipinski definition) is 2. The van der Waals surface area contributed by atoms with Gasteiger partial charge in [0, 0.05) is 11.9 Å². The van der Waals surface area contributed by atoms with Crippen LogP contribution >= 0.6 is 11.3 Å². The normalized spacial score (nSPS) is 13.3. The summed E-state index contributed by atoms with van der Waals surface area (Å²) in [6.45, 7) is 8.46. The van der Waals surface area contributed by atoms with E-state index in [1.165, 1.54) is 0 Å². The smallest absolute Gasteiger partial charge is 0.227 e. The molecule has 0 bridgehead atoms. The average Bonchev–Trinajstić information content (AvgIpc) is 2.90. The first-order valence-corrected chi connectivity index (χ1v) is 7.86. The summed E-state index contributed by atoms with van der Waals surface area (Å²) < 4.78 is 0. The molecule has 1 atom stereocenters. The number of hydrogen-bond acceptors (Lipinski definition) is 4. The second-order valence-electron chi connectivity index (χ2n) is 4.91. The number of nitrogens with one attached hydrogen (secondary N) is 1. The van der Waals surface area contributed by atoms with Gasteiger partial charge in [0.15, 0.2) is 0 Å². The molecule has 1 aromatic rings. The van der Waals surface area contributed by atoms with Crippen LogP contribution in [-0.4, -0.2) is 17.4 Å². The van der Waals surface area contributed by atoms with Gasteiger partial charge in [-0.25, -0.2) is 4.98 Å². The second-order valence-corrected chi connectivity index (χ2v) is 5.85. The van der Waals surface area contributed by atoms with E-state index in [-0.39, 0.29) is 11.9 Å². The molecule has 0 spiro atoms. The van der Waals surface area contributed by atoms with Gasteiger partial charge in [-0.05, 0) is 26.2 Å². The van der Waals surface area contributed by atoms with Crippen molar-refractivity contribution >= 4 is 17.2 Å². The van der Waals surface area contributed by atoms with E-state index in [0.29, 0.717) is 6.54 Å². The van der Waals surface area contributed by atoms with Crippen LogP contribution in [0.3, 0.4) is 0 Å². The number of nitrogens with two attached hydrogens (primary N) is 1. The Balaban J connectivity index is 2.75. The maximum absolute atomic E-state index is 12.4. The zero-order valence-corrected chi connectivity index (χ0v) is 13.1. The monoisotopic (exact) mass is 283 g/mol. The molecule has 0 radical (unpaired) electrons. The average molecular weight is 283 g/mol. The number of amides is 1. The van der Waals surface area contributed by atoms with Gasteiger partial charge >= 0.3 is 0 Å². The SMILES string of the molecule is CCc1nc(C(C)NC(=O)C(CC)(CC)CN)cs1. The maximum atomic E-state index is 12.4. The number of nitrogens with zero attached hydrogens (tertiary/aromatic N) is 1. The van der Waals surface area contributed by atoms with E-state index in [2.05, 4.69) is 17.2 Å². The number of carbonyl (C=O) groups is 1. The fraction of sp³-hybridized carbons (Fsp3) is 0.714. The molecule has 0 aliphatic carbocycles. The first kappa shape index (κ1) is 16.1. The van der Waals surface area contributed by atoms with Crippen LogP contribution in [0.5, 0.6) is 0 Å². The Morgan fingerprint density at radius 3 is 2.53 bits per heavy atom. The lowest BCUT2D eigenvalue weighted by Gasteiger charge is -2.30. The largest absolute Gasteiger partial charge is 0.347 e. The summed E-state index contributed by atoms with van der Waals surface area (Å²) in [5.74, 6) is 0.0403. The van der Waals surface area contributed by atoms with Crippen LogP contribution < -0.4 is 11.1 Å². The summed E-state index contributed by atoms with van der Waals surface area (Å²) in [7, 11) is 0. The Morgan fingerprint density at radius 1 is 1.47 bits per heavy atom. The molecular weight excluding hydrogens is 258 g/mol. The van der Waals surface area contributed by atoms with Crippen molar-refractivity contribution in [3.63, 3.8) is 0 Å². The van der Waals surface area contributed by atoms with E-state index in [1.807, 2.05) is 26.2 Å². The predicted molar refractivity (Wildman–Crippen MR) is 80.1 cm³/mol. The molecule has 108 valence electrons. The van der Waals surface area contributed by atoms with Gasteiger partial charge in [0.05, 0.1) is 22.2 Å². The molecule has 0 aliphatic heterocycles. The van der Waals surface area contributed by atoms with Crippen molar-refractivity contribution in [1.82, 2.24) is 10.3 Å². The summed E-state index contributed by atoms with van der Waals surface area (Å²) in [5, 5.41) is 6.18. The summed E-state index contributed by atoms with van der Waals surface area (Å²) in [4.78, 5) is 16.9. The highest BCUT2D eigenvalue weighted by atomic mass is 32.1. The molecule has 1 heterocycles. The van der Waals surface area contributed by atoms with Crippen LogP contribution in [0.25, 0.3) is 0 Å². The maximum Gasteiger partial charge on any atom is 0.227 e. The number of thiazole rings is 1. The van der Waals surface area contributed by atoms with Crippen LogP contribution in [-0.2, 0) is 11.2 Å². The van der Waals surface area contributed by atoms with E-state index in [9.17, 15) is 4.79 Å². The van der Waals surface area contributed by atoms with Crippen molar-refractivity contribution in [2.75, 3.05) is 6.54 Å². The molecular formula is C14H25N3OS. The fourth-order valence-electron chi connectivity index (χ4n) is 2.06. The molecule has 0 aromatic carbocycles. The Labute approximate surface area is 119 Å². The van der Waals surface area contributed by atoms with Crippen LogP contribution in [0.1, 0.15) is 57.3 Å². The predicted octanol–water partition coefficient (Wildman–Crippen LogP) is 2.65. The highest BCUT2D eigenvalue weighted by Gasteiger charge is 2.34. The minimum atomic E-state index is -0.447. The van der Waals surface area contributed by atoms with Gasteiger partial charge in [0.1, 0.15) is 0 Å². The zero-order chi connectivity index (χ0) is 14.5. The summed E-state index contributed by atoms with van der Waals surface area (Å²) in [5.41, 5.74) is 6.29. The highest BCUT2D eigenvalue weighted by molar-refractivity contribution is 7.09. The molecule has 0 saturated heterocycles. The molecule has 0 fully saturated rings. The molecule has 5 heteroatoms. The molecule has 19 heavy (non-hydrogen) atoms. The van der Waals surface area contributed by atoms with Crippen LogP contribution in [0.15, 0.2) is 5.38 Å². The van der Waals surface area contributed by atoms with Crippen molar-refractivity contribution in [3.05, 3.63) is 16.1 Å². The quantitative estimate of drug-likeness (QED) is 0.808. The fourth-order valence-corrected chi connectivity index (χ4v) is 2.90. The van der Waals surface area contributed by atoms with Gasteiger partial charge < -0.3 is 11.1 Å². The topological polar surface area (TPSA) is 68.0 Å². The molecule has 1 aromatic heterocycles. The third-order valence-electron chi connectivity index (χ3n) is 3.89. The van der Waals surface area contributed by atoms with Gasteiger partial charge in [0.2, 0.25) is 5.91 Å². The van der Waals surface area contributed by atoms with E-state index >= 15 is 0 Å². The lowest BCUT2D eigenvalue weighted by atomic mass is 9.81. The van der Waals surface area contributed by atoms with Crippen LogP contribution in [0.4, 0.5) is 0 Å². The number of carbonyl (C=O) groups excluding carboxylic acids is 1. The third kappa shape index (κ3) is 3.54. The minimum absolute atomic E-state index is 0.0403. The van der Waals surface area contributed by atoms with E-state index in [1.54, 1.807) is 11.3 Å². The van der Waals surface area contributed by atoms with Gasteiger partial charge in [0.25, 0.3) is 0 Å². The van der Waals surface area contributed by atoms with Gasteiger partial charge in [-0.15, -0.1) is 11.3 Å². The van der Waals surface area contributed by atoms with Crippen molar-refractivity contribution < 1.29 is 4.79 Å². The summed E-state index contributed by atoms with van der Waals surface area (Å²) >= 11 is 1.64. The van der Waals surface area contributed by atoms with E-state index < -0.39 is 5.41 Å². The molecule has 3 N–H and O–H groups in total. The lowest BCUT2D eigenvalue weighted by Crippen LogP contribution is -2.46. The molecule has 1 unspecified atom stereocenters. The van der Waals surface area contributed by atoms with Crippen molar-refractivity contribution in [2.45, 2.75) is 53.0 Å². The van der Waals surface area contributed by atoms with Gasteiger partial charge in [-0.1, -0.05) is 20.8 Å². The van der Waals surface area contributed by atoms with Crippen LogP contribution in [0, 0.1) is 5.41 Å². The molecule has 0 aliphatic rings. The summed E-state index contributed by atoms with van der Waals surface area (Å²) in [6.07, 6.45) is 2.45. The number of aryl methyl sites for hydroxylation is 1. The van der Waals surface area contributed by atoms with E-state index in [4.69, 9.17) is 5.73 Å². The second kappa shape index (κ2) is 7.01. The standard InChI is InChI=1S/C14H25N3OS/c1-5-12-17-11(8-19-12)10(4)16-13(18)14(6-2,7-3)9-15/h8,10H,5-7,9,15H2,1-4H3,(H,16,18). The zero-order valence-electron chi connectivity index (χ0n) is 12.3. The van der Waals surface area contributed by atoms with Crippen molar-refractivity contribution in [2.24, 2.45) is 11.1 Å². The molecule has 0 saturated carbocycles. The Morgan fingerprint density at radius 2 is 2.11 bits per heavy atom.